The number of nitrogens with zero attached hydrogens (tertiary/aromatic N) is 2. The highest BCUT2D eigenvalue weighted by molar-refractivity contribution is 6.30. The van der Waals surface area contributed by atoms with E-state index in [1.807, 2.05) is 38.5 Å². The largest absolute Gasteiger partial charge is 0.493 e. The molecule has 2 heterocycles. The van der Waals surface area contributed by atoms with Crippen molar-refractivity contribution in [2.75, 3.05) is 39.2 Å². The van der Waals surface area contributed by atoms with Crippen molar-refractivity contribution in [3.8, 4) is 17.2 Å². The van der Waals surface area contributed by atoms with E-state index in [1.54, 1.807) is 12.1 Å². The summed E-state index contributed by atoms with van der Waals surface area (Å²) in [6.45, 7) is 6.52. The molecule has 9 heteroatoms. The summed E-state index contributed by atoms with van der Waals surface area (Å²) in [7, 11) is 4.09. The molecule has 1 spiro atoms. The molecule has 7 rings (SSSR count). The van der Waals surface area contributed by atoms with Crippen LogP contribution in [0.1, 0.15) is 87.1 Å². The maximum Gasteiger partial charge on any atom is 0.329 e. The van der Waals surface area contributed by atoms with Crippen LogP contribution in [0.25, 0.3) is 0 Å². The number of halogens is 1. The van der Waals surface area contributed by atoms with Gasteiger partial charge >= 0.3 is 5.97 Å². The first-order chi connectivity index (χ1) is 23.5. The molecule has 1 saturated carbocycles. The number of likely N-dealkylation sites (N-methyl/N-ethyl adjacent to an activating group) is 1. The highest BCUT2D eigenvalue weighted by atomic mass is 35.5. The van der Waals surface area contributed by atoms with Gasteiger partial charge in [0.25, 0.3) is 0 Å². The van der Waals surface area contributed by atoms with Crippen molar-refractivity contribution in [3.05, 3.63) is 76.1 Å². The number of rotatable bonds is 10. The van der Waals surface area contributed by atoms with Gasteiger partial charge in [0.1, 0.15) is 24.0 Å². The standard InChI is InChI=1S/C40H50ClN3O5/c1-25(23-47-34-11-16-42-33-10-5-7-26(2)37(33)34)17-28-18-27-19-35-36(49-31(24-48-35)22-44(3)4)21-32(27)39(28)12-14-40(15-13-39,38(45)46)43-30-9-6-8-29(41)20-30/h6,8-9,11,16,19-21,25-26,28,31,43H,5,7,10,12-15,17-18,22-24H2,1-4H3,(H,45,46)/t25-,26-,28+,31-,39?,40?/m1/s1. The van der Waals surface area contributed by atoms with Gasteiger partial charge in [-0.25, -0.2) is 4.79 Å². The lowest BCUT2D eigenvalue weighted by Crippen LogP contribution is -2.53. The molecule has 4 aliphatic rings. The predicted octanol–water partition coefficient (Wildman–Crippen LogP) is 7.90. The smallest absolute Gasteiger partial charge is 0.329 e. The molecular weight excluding hydrogens is 638 g/mol. The molecule has 0 bridgehead atoms. The number of anilines is 1. The lowest BCUT2D eigenvalue weighted by Gasteiger charge is -2.47. The number of aryl methyl sites for hydroxylation is 1. The fourth-order valence-electron chi connectivity index (χ4n) is 9.21. The van der Waals surface area contributed by atoms with E-state index in [4.69, 9.17) is 25.8 Å². The highest BCUT2D eigenvalue weighted by Gasteiger charge is 2.54. The van der Waals surface area contributed by atoms with Gasteiger partial charge in [0, 0.05) is 34.7 Å². The lowest BCUT2D eigenvalue weighted by atomic mass is 9.59. The number of carboxylic acids is 1. The number of aliphatic carboxylic acids is 1. The van der Waals surface area contributed by atoms with Crippen LogP contribution in [0.4, 0.5) is 5.69 Å². The predicted molar refractivity (Wildman–Crippen MR) is 193 cm³/mol. The highest BCUT2D eigenvalue weighted by Crippen LogP contribution is 2.58. The van der Waals surface area contributed by atoms with Crippen LogP contribution >= 0.6 is 11.6 Å². The molecule has 1 aromatic heterocycles. The number of pyridine rings is 1. The number of benzene rings is 2. The normalized spacial score (nSPS) is 27.8. The van der Waals surface area contributed by atoms with Crippen LogP contribution in [0, 0.1) is 11.8 Å². The van der Waals surface area contributed by atoms with Gasteiger partial charge in [-0.15, -0.1) is 0 Å². The van der Waals surface area contributed by atoms with E-state index in [1.165, 1.54) is 35.2 Å². The summed E-state index contributed by atoms with van der Waals surface area (Å²) in [5.41, 5.74) is 4.57. The van der Waals surface area contributed by atoms with Gasteiger partial charge in [0.15, 0.2) is 11.5 Å². The third kappa shape index (κ3) is 6.71. The van der Waals surface area contributed by atoms with Crippen molar-refractivity contribution in [3.63, 3.8) is 0 Å². The number of carbonyl (C=O) groups is 1. The van der Waals surface area contributed by atoms with Crippen LogP contribution in [-0.4, -0.2) is 66.5 Å². The minimum absolute atomic E-state index is 0.0413. The van der Waals surface area contributed by atoms with Crippen molar-refractivity contribution >= 4 is 23.3 Å². The van der Waals surface area contributed by atoms with Gasteiger partial charge in [0.2, 0.25) is 0 Å². The molecule has 2 aromatic carbocycles. The SMILES string of the molecule is C[C@@H](COc1ccnc2c1[C@H](C)CCC2)C[C@H]1Cc2cc3c(cc2C12CCC(Nc1cccc(Cl)c1)(C(=O)O)CC2)O[C@H](CN(C)C)CO3. The van der Waals surface area contributed by atoms with E-state index < -0.39 is 11.5 Å². The second kappa shape index (κ2) is 13.7. The quantitative estimate of drug-likeness (QED) is 0.222. The molecule has 4 atom stereocenters. The molecule has 0 unspecified atom stereocenters. The minimum Gasteiger partial charge on any atom is -0.493 e. The Bertz CT molecular complexity index is 1690. The average molecular weight is 688 g/mol. The van der Waals surface area contributed by atoms with E-state index in [-0.39, 0.29) is 11.5 Å². The molecule has 1 aliphatic heterocycles. The molecular formula is C40H50ClN3O5. The van der Waals surface area contributed by atoms with Crippen molar-refractivity contribution in [2.45, 2.75) is 94.6 Å². The second-order valence-corrected chi connectivity index (χ2v) is 15.9. The fourth-order valence-corrected chi connectivity index (χ4v) is 9.40. The molecule has 2 N–H and O–H groups in total. The van der Waals surface area contributed by atoms with Crippen LogP contribution < -0.4 is 19.5 Å². The van der Waals surface area contributed by atoms with Gasteiger partial charge in [-0.3, -0.25) is 4.98 Å². The molecule has 3 aliphatic carbocycles. The topological polar surface area (TPSA) is 93.2 Å². The zero-order valence-corrected chi connectivity index (χ0v) is 30.0. The first-order valence-corrected chi connectivity index (χ1v) is 18.4. The van der Waals surface area contributed by atoms with Crippen LogP contribution in [-0.2, 0) is 23.1 Å². The number of fused-ring (bicyclic) bond motifs is 4. The number of ether oxygens (including phenoxy) is 3. The molecule has 8 nitrogen and oxygen atoms in total. The molecule has 262 valence electrons. The summed E-state index contributed by atoms with van der Waals surface area (Å²) in [5.74, 6) is 2.89. The van der Waals surface area contributed by atoms with Gasteiger partial charge in [-0.05, 0) is 143 Å². The monoisotopic (exact) mass is 687 g/mol. The molecule has 3 aromatic rings. The Kier molecular flexibility index (Phi) is 9.48. The van der Waals surface area contributed by atoms with Gasteiger partial charge in [-0.2, -0.15) is 0 Å². The molecule has 0 saturated heterocycles. The summed E-state index contributed by atoms with van der Waals surface area (Å²) in [6, 6.07) is 13.8. The Hall–Kier alpha value is -3.49. The second-order valence-electron chi connectivity index (χ2n) is 15.5. The Balaban J connectivity index is 1.15. The molecule has 1 fully saturated rings. The van der Waals surface area contributed by atoms with Crippen LogP contribution in [0.5, 0.6) is 17.2 Å². The third-order valence-corrected chi connectivity index (χ3v) is 11.9. The first kappa shape index (κ1) is 34.0. The summed E-state index contributed by atoms with van der Waals surface area (Å²) >= 11 is 6.29. The maximum atomic E-state index is 13.0. The molecule has 0 radical (unpaired) electrons. The van der Waals surface area contributed by atoms with Crippen molar-refractivity contribution in [1.29, 1.82) is 0 Å². The number of hydrogen-bond acceptors (Lipinski definition) is 7. The summed E-state index contributed by atoms with van der Waals surface area (Å²) in [5, 5.41) is 14.6. The van der Waals surface area contributed by atoms with E-state index in [2.05, 4.69) is 41.2 Å². The molecule has 49 heavy (non-hydrogen) atoms. The number of aromatic nitrogens is 1. The zero-order valence-electron chi connectivity index (χ0n) is 29.3. The van der Waals surface area contributed by atoms with Crippen molar-refractivity contribution in [2.24, 2.45) is 11.8 Å². The minimum atomic E-state index is -1.07. The average Bonchev–Trinajstić information content (AvgIpc) is 3.34. The van der Waals surface area contributed by atoms with E-state index in [9.17, 15) is 9.90 Å². The van der Waals surface area contributed by atoms with E-state index in [0.29, 0.717) is 48.8 Å². The summed E-state index contributed by atoms with van der Waals surface area (Å²) in [4.78, 5) is 19.8. The van der Waals surface area contributed by atoms with Crippen LogP contribution in [0.3, 0.4) is 0 Å². The summed E-state index contributed by atoms with van der Waals surface area (Å²) in [6.07, 6.45) is 9.67. The number of carboxylic acid groups (broad SMARTS) is 1. The number of nitrogens with one attached hydrogen (secondary N) is 1. The fraction of sp³-hybridized carbons (Fsp3) is 0.550. The first-order valence-electron chi connectivity index (χ1n) is 18.0. The Labute approximate surface area is 295 Å². The van der Waals surface area contributed by atoms with Gasteiger partial charge in [0.05, 0.1) is 6.61 Å². The van der Waals surface area contributed by atoms with E-state index >= 15 is 0 Å². The van der Waals surface area contributed by atoms with Gasteiger partial charge in [-0.1, -0.05) is 31.5 Å². The third-order valence-electron chi connectivity index (χ3n) is 11.6. The van der Waals surface area contributed by atoms with Crippen LogP contribution in [0.2, 0.25) is 5.02 Å². The Morgan fingerprint density at radius 2 is 1.98 bits per heavy atom. The zero-order chi connectivity index (χ0) is 34.3. The van der Waals surface area contributed by atoms with Crippen molar-refractivity contribution < 1.29 is 24.1 Å². The number of hydrogen-bond donors (Lipinski definition) is 2. The van der Waals surface area contributed by atoms with Crippen LogP contribution in [0.15, 0.2) is 48.7 Å². The van der Waals surface area contributed by atoms with E-state index in [0.717, 1.165) is 61.6 Å². The lowest BCUT2D eigenvalue weighted by molar-refractivity contribution is -0.144. The summed E-state index contributed by atoms with van der Waals surface area (Å²) < 4.78 is 19.4. The van der Waals surface area contributed by atoms with Gasteiger partial charge < -0.3 is 29.5 Å². The molecule has 0 amide bonds. The Morgan fingerprint density at radius 3 is 2.73 bits per heavy atom. The van der Waals surface area contributed by atoms with Crippen molar-refractivity contribution in [1.82, 2.24) is 9.88 Å². The Morgan fingerprint density at radius 1 is 1.16 bits per heavy atom. The maximum absolute atomic E-state index is 13.0.